The molecule has 0 radical (unpaired) electrons. The zero-order valence-corrected chi connectivity index (χ0v) is 44.9. The molecular weight excluding hydrogens is 876 g/mol. The standard InChI is InChI=1S/C67H69BN2O2/c1-38-30-47-50(66(10,11)28-26-63(47,4)5)35-53(38)69-55-34-43-40-18-14-16-20-56(40)71-58(43)37-52(55)68-59-44(32-45-41-19-15-17-21-57(41)72-61(45)60(59)69)42-33-49-51(67(12,13)29-27-65(49,8)9)36-54(42)70(68)39-22-23-46-48(31-39)64(6,7)25-24-62(46,2)3/h14-23,30-37H,24-29H2,1-13H3. The summed E-state index contributed by atoms with van der Waals surface area (Å²) in [5.41, 5.74) is 25.2. The quantitative estimate of drug-likeness (QED) is 0.162. The molecule has 14 rings (SSSR count). The lowest BCUT2D eigenvalue weighted by atomic mass is 9.43. The third-order valence-electron chi connectivity index (χ3n) is 19.5. The van der Waals surface area contributed by atoms with Gasteiger partial charge in [-0.15, -0.1) is 0 Å². The highest BCUT2D eigenvalue weighted by atomic mass is 16.3. The normalized spacial score (nSPS) is 20.3. The van der Waals surface area contributed by atoms with Gasteiger partial charge in [0, 0.05) is 49.9 Å². The molecule has 7 aromatic carbocycles. The highest BCUT2D eigenvalue weighted by Gasteiger charge is 2.50. The molecule has 72 heavy (non-hydrogen) atoms. The van der Waals surface area contributed by atoms with Gasteiger partial charge in [0.2, 0.25) is 0 Å². The zero-order chi connectivity index (χ0) is 50.0. The van der Waals surface area contributed by atoms with Gasteiger partial charge in [-0.1, -0.05) is 132 Å². The van der Waals surface area contributed by atoms with Crippen LogP contribution in [0.4, 0.5) is 28.4 Å². The van der Waals surface area contributed by atoms with E-state index < -0.39 is 0 Å². The Morgan fingerprint density at radius 2 is 0.931 bits per heavy atom. The minimum atomic E-state index is -0.215. The lowest BCUT2D eigenvalue weighted by molar-refractivity contribution is 0.332. The van der Waals surface area contributed by atoms with Crippen LogP contribution in [-0.4, -0.2) is 6.85 Å². The lowest BCUT2D eigenvalue weighted by Crippen LogP contribution is -2.61. The lowest BCUT2D eigenvalue weighted by Gasteiger charge is -2.49. The number of nitrogens with zero attached hydrogens (tertiary/aromatic N) is 2. The van der Waals surface area contributed by atoms with Gasteiger partial charge in [-0.3, -0.25) is 0 Å². The van der Waals surface area contributed by atoms with Gasteiger partial charge in [0.1, 0.15) is 16.7 Å². The van der Waals surface area contributed by atoms with Crippen molar-refractivity contribution in [3.8, 4) is 11.1 Å². The molecule has 3 aliphatic carbocycles. The first-order valence-electron chi connectivity index (χ1n) is 27.1. The molecule has 5 heteroatoms. The van der Waals surface area contributed by atoms with Crippen molar-refractivity contribution in [1.82, 2.24) is 0 Å². The number of hydrogen-bond donors (Lipinski definition) is 0. The maximum absolute atomic E-state index is 7.38. The summed E-state index contributed by atoms with van der Waals surface area (Å²) in [4.78, 5) is 5.42. The van der Waals surface area contributed by atoms with Crippen molar-refractivity contribution < 1.29 is 8.83 Å². The molecular formula is C67H69BN2O2. The van der Waals surface area contributed by atoms with Crippen molar-refractivity contribution >= 4 is 90.1 Å². The number of aryl methyl sites for hydroxylation is 1. The van der Waals surface area contributed by atoms with Gasteiger partial charge in [-0.25, -0.2) is 0 Å². The Kier molecular flexibility index (Phi) is 8.71. The fourth-order valence-corrected chi connectivity index (χ4v) is 14.7. The van der Waals surface area contributed by atoms with Crippen LogP contribution in [-0.2, 0) is 32.5 Å². The molecule has 0 bridgehead atoms. The molecule has 0 saturated carbocycles. The Labute approximate surface area is 426 Å². The largest absolute Gasteiger partial charge is 0.456 e. The second-order valence-electron chi connectivity index (χ2n) is 26.9. The molecule has 0 atom stereocenters. The number of anilines is 5. The van der Waals surface area contributed by atoms with Crippen LogP contribution >= 0.6 is 0 Å². The smallest absolute Gasteiger partial charge is 0.333 e. The summed E-state index contributed by atoms with van der Waals surface area (Å²) in [5.74, 6) is 0. The predicted molar refractivity (Wildman–Crippen MR) is 305 cm³/mol. The van der Waals surface area contributed by atoms with Gasteiger partial charge in [0.15, 0.2) is 5.58 Å². The van der Waals surface area contributed by atoms with Crippen molar-refractivity contribution in [2.24, 2.45) is 0 Å². The highest BCUT2D eigenvalue weighted by molar-refractivity contribution is 6.94. The van der Waals surface area contributed by atoms with Gasteiger partial charge < -0.3 is 18.5 Å². The minimum absolute atomic E-state index is 0.00811. The first kappa shape index (κ1) is 44.5. The van der Waals surface area contributed by atoms with Crippen molar-refractivity contribution in [2.75, 3.05) is 9.71 Å². The second-order valence-corrected chi connectivity index (χ2v) is 26.9. The van der Waals surface area contributed by atoms with E-state index in [9.17, 15) is 0 Å². The second kappa shape index (κ2) is 14.1. The first-order valence-corrected chi connectivity index (χ1v) is 27.1. The summed E-state index contributed by atoms with van der Waals surface area (Å²) in [7, 11) is 0. The molecule has 0 saturated heterocycles. The van der Waals surface area contributed by atoms with E-state index in [1.807, 2.05) is 0 Å². The number of benzene rings is 7. The first-order chi connectivity index (χ1) is 34.0. The van der Waals surface area contributed by atoms with Crippen LogP contribution in [0.25, 0.3) is 55.0 Å². The van der Waals surface area contributed by atoms with Crippen LogP contribution in [0.2, 0.25) is 0 Å². The van der Waals surface area contributed by atoms with Crippen molar-refractivity contribution in [3.05, 3.63) is 148 Å². The maximum atomic E-state index is 7.38. The van der Waals surface area contributed by atoms with Crippen LogP contribution < -0.4 is 20.6 Å². The third-order valence-corrected chi connectivity index (χ3v) is 19.5. The summed E-state index contributed by atoms with van der Waals surface area (Å²) in [6.07, 6.45) is 6.94. The number of fused-ring (bicyclic) bond motifs is 14. The molecule has 2 aromatic heterocycles. The van der Waals surface area contributed by atoms with Gasteiger partial charge in [0.25, 0.3) is 0 Å². The summed E-state index contributed by atoms with van der Waals surface area (Å²) < 4.78 is 14.3. The van der Waals surface area contributed by atoms with Gasteiger partial charge in [-0.2, -0.15) is 0 Å². The molecule has 4 heterocycles. The topological polar surface area (TPSA) is 32.8 Å². The number of hydrogen-bond acceptors (Lipinski definition) is 4. The Morgan fingerprint density at radius 3 is 1.56 bits per heavy atom. The van der Waals surface area contributed by atoms with E-state index >= 15 is 0 Å². The van der Waals surface area contributed by atoms with E-state index in [1.165, 1.54) is 96.6 Å². The summed E-state index contributed by atoms with van der Waals surface area (Å²) >= 11 is 0. The average Bonchev–Trinajstić information content (AvgIpc) is 3.90. The van der Waals surface area contributed by atoms with E-state index in [0.29, 0.717) is 0 Å². The molecule has 9 aromatic rings. The van der Waals surface area contributed by atoms with Crippen LogP contribution in [0.3, 0.4) is 0 Å². The monoisotopic (exact) mass is 945 g/mol. The van der Waals surface area contributed by atoms with Crippen LogP contribution in [0.15, 0.2) is 118 Å². The molecule has 4 nitrogen and oxygen atoms in total. The van der Waals surface area contributed by atoms with Crippen molar-refractivity contribution in [3.63, 3.8) is 0 Å². The maximum Gasteiger partial charge on any atom is 0.333 e. The van der Waals surface area contributed by atoms with Crippen LogP contribution in [0.5, 0.6) is 0 Å². The van der Waals surface area contributed by atoms with Gasteiger partial charge >= 0.3 is 6.85 Å². The molecule has 0 fully saturated rings. The fraction of sp³-hybridized carbons (Fsp3) is 0.373. The van der Waals surface area contributed by atoms with E-state index in [-0.39, 0.29) is 39.3 Å². The molecule has 0 unspecified atom stereocenters. The average molecular weight is 945 g/mol. The predicted octanol–water partition coefficient (Wildman–Crippen LogP) is 17.5. The Balaban J connectivity index is 1.18. The zero-order valence-electron chi connectivity index (χ0n) is 44.9. The van der Waals surface area contributed by atoms with Gasteiger partial charge in [-0.05, 0) is 194 Å². The molecule has 0 N–H and O–H groups in total. The number of rotatable bonds is 2. The number of furan rings is 2. The summed E-state index contributed by atoms with van der Waals surface area (Å²) in [6, 6.07) is 42.7. The van der Waals surface area contributed by atoms with Crippen molar-refractivity contribution in [1.29, 1.82) is 0 Å². The van der Waals surface area contributed by atoms with Crippen molar-refractivity contribution in [2.45, 2.75) is 161 Å². The fourth-order valence-electron chi connectivity index (χ4n) is 14.7. The number of para-hydroxylation sites is 2. The van der Waals surface area contributed by atoms with Crippen LogP contribution in [0.1, 0.15) is 161 Å². The molecule has 362 valence electrons. The third kappa shape index (κ3) is 5.94. The Morgan fingerprint density at radius 1 is 0.417 bits per heavy atom. The SMILES string of the molecule is Cc1cc2c(cc1N1c3cc4c(cc3B3c5c(cc6c(oc7ccccc76)c51)-c1cc5c(cc1N3c1ccc3c(c1)C(C)(C)CCC3(C)C)C(C)(C)CCC5(C)C)oc1ccccc14)C(C)(C)CCC2(C)C. The molecule has 0 spiro atoms. The van der Waals surface area contributed by atoms with Crippen LogP contribution in [0, 0.1) is 6.92 Å². The highest BCUT2D eigenvalue weighted by Crippen LogP contribution is 2.58. The molecule has 0 amide bonds. The summed E-state index contributed by atoms with van der Waals surface area (Å²) in [6.45, 7) is 31.7. The van der Waals surface area contributed by atoms with E-state index in [2.05, 4.69) is 209 Å². The molecule has 5 aliphatic rings. The summed E-state index contributed by atoms with van der Waals surface area (Å²) in [5, 5.41) is 4.58. The van der Waals surface area contributed by atoms with E-state index in [4.69, 9.17) is 8.83 Å². The molecule has 2 aliphatic heterocycles. The van der Waals surface area contributed by atoms with Gasteiger partial charge in [0.05, 0.1) is 5.69 Å². The minimum Gasteiger partial charge on any atom is -0.456 e. The van der Waals surface area contributed by atoms with E-state index in [0.717, 1.165) is 75.2 Å². The Bertz CT molecular complexity index is 3870. The Hall–Kier alpha value is -6.20. The van der Waals surface area contributed by atoms with E-state index in [1.54, 1.807) is 0 Å².